The lowest BCUT2D eigenvalue weighted by atomic mass is 11.6. The smallest absolute Gasteiger partial charge is 0.160 e. The van der Waals surface area contributed by atoms with Gasteiger partial charge >= 0.3 is 5.51 Å². The topological polar surface area (TPSA) is 0 Å². The Balaban J connectivity index is 3.17. The maximum Gasteiger partial charge on any atom is 0.441 e. The molecule has 0 spiro atoms. The van der Waals surface area contributed by atoms with E-state index < -0.39 is 5.51 Å². The van der Waals surface area contributed by atoms with E-state index >= 15 is 0 Å². The van der Waals surface area contributed by atoms with Crippen LogP contribution in [-0.2, 0) is 0 Å². The lowest BCUT2D eigenvalue weighted by molar-refractivity contribution is -0.0320. The molecule has 0 saturated carbocycles. The monoisotopic (exact) mass is 115 g/mol. The van der Waals surface area contributed by atoms with E-state index in [-0.39, 0.29) is 11.8 Å². The average Bonchev–Trinajstić information content (AvgIpc) is 1.35. The summed E-state index contributed by atoms with van der Waals surface area (Å²) in [6.45, 7) is 0. The van der Waals surface area contributed by atoms with E-state index in [9.17, 15) is 13.2 Å². The molecule has 0 heterocycles. The minimum absolute atomic E-state index is 0.368. The summed E-state index contributed by atoms with van der Waals surface area (Å²) in [7, 11) is 0. The van der Waals surface area contributed by atoms with Gasteiger partial charge in [0, 0.05) is 6.26 Å². The van der Waals surface area contributed by atoms with Crippen LogP contribution >= 0.6 is 11.8 Å². The summed E-state index contributed by atoms with van der Waals surface area (Å²) in [5, 5.41) is 0. The first kappa shape index (κ1) is 6.14. The highest BCUT2D eigenvalue weighted by Gasteiger charge is 2.24. The Kier molecular flexibility index (Phi) is 1.77. The quantitative estimate of drug-likeness (QED) is 0.465. The fourth-order valence-electron chi connectivity index (χ4n) is 0. The van der Waals surface area contributed by atoms with E-state index in [0.717, 1.165) is 0 Å². The number of rotatable bonds is 0. The van der Waals surface area contributed by atoms with E-state index in [1.54, 1.807) is 0 Å². The van der Waals surface area contributed by atoms with Crippen molar-refractivity contribution in [2.45, 2.75) is 5.51 Å². The van der Waals surface area contributed by atoms with Crippen molar-refractivity contribution in [3.8, 4) is 0 Å². The highest BCUT2D eigenvalue weighted by atomic mass is 32.2. The molecule has 0 N–H and O–H groups in total. The summed E-state index contributed by atoms with van der Waals surface area (Å²) in [5.74, 6) is 0. The lowest BCUT2D eigenvalue weighted by Gasteiger charge is -1.95. The average molecular weight is 115 g/mol. The molecule has 0 nitrogen and oxygen atoms in total. The fraction of sp³-hybridized carbons (Fsp3) is 0.500. The van der Waals surface area contributed by atoms with Gasteiger partial charge in [-0.25, -0.2) is 0 Å². The van der Waals surface area contributed by atoms with E-state index in [4.69, 9.17) is 0 Å². The first-order chi connectivity index (χ1) is 2.56. The van der Waals surface area contributed by atoms with Crippen molar-refractivity contribution < 1.29 is 13.2 Å². The van der Waals surface area contributed by atoms with Crippen LogP contribution in [0.2, 0.25) is 0 Å². The van der Waals surface area contributed by atoms with Crippen LogP contribution in [0.1, 0.15) is 0 Å². The second-order valence-electron chi connectivity index (χ2n) is 0.590. The van der Waals surface area contributed by atoms with E-state index in [0.29, 0.717) is 0 Å². The van der Waals surface area contributed by atoms with Crippen LogP contribution in [0.15, 0.2) is 0 Å². The highest BCUT2D eigenvalue weighted by molar-refractivity contribution is 8.01. The minimum atomic E-state index is -4.15. The van der Waals surface area contributed by atoms with Crippen LogP contribution in [0.4, 0.5) is 13.2 Å². The minimum Gasteiger partial charge on any atom is -0.160 e. The molecule has 0 aliphatic carbocycles. The van der Waals surface area contributed by atoms with Crippen LogP contribution in [0.25, 0.3) is 0 Å². The number of thioether (sulfide) groups is 1. The van der Waals surface area contributed by atoms with Crippen LogP contribution in [-0.4, -0.2) is 5.51 Å². The maximum absolute atomic E-state index is 10.7. The Labute approximate surface area is 37.7 Å². The van der Waals surface area contributed by atoms with Gasteiger partial charge in [-0.1, -0.05) is 11.8 Å². The second kappa shape index (κ2) is 1.73. The molecule has 0 aromatic rings. The Morgan fingerprint density at radius 3 is 1.50 bits per heavy atom. The lowest BCUT2D eigenvalue weighted by Crippen LogP contribution is -1.95. The molecule has 0 unspecified atom stereocenters. The van der Waals surface area contributed by atoms with Crippen LogP contribution in [0.5, 0.6) is 0 Å². The summed E-state index contributed by atoms with van der Waals surface area (Å²) in [6, 6.07) is 0. The van der Waals surface area contributed by atoms with Gasteiger partial charge in [-0.05, 0) is 0 Å². The van der Waals surface area contributed by atoms with Gasteiger partial charge in [-0.2, -0.15) is 13.2 Å². The third-order valence-electron chi connectivity index (χ3n) is 0.164. The maximum atomic E-state index is 10.7. The highest BCUT2D eigenvalue weighted by Crippen LogP contribution is 2.27. The summed E-state index contributed by atoms with van der Waals surface area (Å²) in [4.78, 5) is 0. The van der Waals surface area contributed by atoms with Crippen LogP contribution < -0.4 is 0 Å². The molecule has 0 fully saturated rings. The van der Waals surface area contributed by atoms with Crippen molar-refractivity contribution >= 4 is 11.8 Å². The summed E-state index contributed by atoms with van der Waals surface area (Å²) in [6.07, 6.45) is 2.55. The molecular weight excluding hydrogens is 113 g/mol. The van der Waals surface area contributed by atoms with E-state index in [1.807, 2.05) is 0 Å². The Morgan fingerprint density at radius 1 is 1.33 bits per heavy atom. The molecule has 0 atom stereocenters. The van der Waals surface area contributed by atoms with E-state index in [2.05, 4.69) is 6.26 Å². The predicted molar refractivity (Wildman–Crippen MR) is 19.0 cm³/mol. The third-order valence-corrected chi connectivity index (χ3v) is 0.491. The number of hydrogen-bond acceptors (Lipinski definition) is 1. The van der Waals surface area contributed by atoms with E-state index in [1.165, 1.54) is 0 Å². The molecule has 0 saturated heterocycles. The van der Waals surface area contributed by atoms with Gasteiger partial charge in [0.1, 0.15) is 0 Å². The number of hydrogen-bond donors (Lipinski definition) is 0. The second-order valence-corrected chi connectivity index (χ2v) is 1.34. The molecule has 37 valence electrons. The molecular formula is C2H2F3S. The summed E-state index contributed by atoms with van der Waals surface area (Å²) < 4.78 is 32.1. The van der Waals surface area contributed by atoms with Gasteiger partial charge in [-0.15, -0.1) is 0 Å². The first-order valence-corrected chi connectivity index (χ1v) is 2.05. The molecule has 0 aliphatic rings. The van der Waals surface area contributed by atoms with Gasteiger partial charge in [0.25, 0.3) is 0 Å². The van der Waals surface area contributed by atoms with Gasteiger partial charge in [0.15, 0.2) is 0 Å². The van der Waals surface area contributed by atoms with Crippen molar-refractivity contribution in [1.29, 1.82) is 0 Å². The molecule has 0 aromatic heterocycles. The standard InChI is InChI=1S/C2H2F3S/c1-6-2(3,4)5/h1H2. The summed E-state index contributed by atoms with van der Waals surface area (Å²) in [5.41, 5.74) is -4.15. The summed E-state index contributed by atoms with van der Waals surface area (Å²) >= 11 is -0.368. The van der Waals surface area contributed by atoms with Crippen molar-refractivity contribution in [1.82, 2.24) is 0 Å². The molecule has 0 aliphatic heterocycles. The zero-order valence-electron chi connectivity index (χ0n) is 2.75. The molecule has 1 radical (unpaired) electrons. The van der Waals surface area contributed by atoms with Crippen molar-refractivity contribution in [2.75, 3.05) is 0 Å². The predicted octanol–water partition coefficient (Wildman–Crippen LogP) is 2.03. The zero-order chi connectivity index (χ0) is 5.21. The molecule has 0 aromatic carbocycles. The largest absolute Gasteiger partial charge is 0.441 e. The van der Waals surface area contributed by atoms with Crippen molar-refractivity contribution in [3.05, 3.63) is 6.26 Å². The first-order valence-electron chi connectivity index (χ1n) is 1.06. The Bertz CT molecular complexity index is 38.5. The van der Waals surface area contributed by atoms with Gasteiger partial charge in [0.05, 0.1) is 0 Å². The third kappa shape index (κ3) is 4.14. The number of alkyl halides is 3. The molecule has 0 rings (SSSR count). The zero-order valence-corrected chi connectivity index (χ0v) is 3.57. The molecule has 0 bridgehead atoms. The van der Waals surface area contributed by atoms with Gasteiger partial charge < -0.3 is 0 Å². The normalized spacial score (nSPS) is 12.0. The molecule has 6 heavy (non-hydrogen) atoms. The van der Waals surface area contributed by atoms with Crippen LogP contribution in [0, 0.1) is 6.26 Å². The van der Waals surface area contributed by atoms with Gasteiger partial charge in [-0.3, -0.25) is 0 Å². The fourth-order valence-corrected chi connectivity index (χ4v) is 0. The Hall–Kier alpha value is 0.140. The Morgan fingerprint density at radius 2 is 1.50 bits per heavy atom. The molecule has 0 amide bonds. The van der Waals surface area contributed by atoms with Crippen molar-refractivity contribution in [3.63, 3.8) is 0 Å². The SMILES string of the molecule is [CH2]SC(F)(F)F. The van der Waals surface area contributed by atoms with Crippen molar-refractivity contribution in [2.24, 2.45) is 0 Å². The number of halogens is 3. The van der Waals surface area contributed by atoms with Crippen LogP contribution in [0.3, 0.4) is 0 Å². The van der Waals surface area contributed by atoms with Gasteiger partial charge in [0.2, 0.25) is 0 Å². The molecule has 4 heteroatoms.